The molecular weight excluding hydrogens is 250 g/mol. The van der Waals surface area contributed by atoms with Crippen LogP contribution in [0.4, 0.5) is 0 Å². The number of likely N-dealkylation sites (tertiary alicyclic amines) is 2. The molecule has 0 bridgehead atoms. The highest BCUT2D eigenvalue weighted by atomic mass is 16.1. The number of hydrogen-bond donors (Lipinski definition) is 0. The Hall–Kier alpha value is -1.13. The largest absolute Gasteiger partial charge is 0.357 e. The van der Waals surface area contributed by atoms with Gasteiger partial charge in [-0.3, -0.25) is 9.69 Å². The second kappa shape index (κ2) is 5.70. The molecule has 2 atom stereocenters. The molecule has 4 heteroatoms. The third-order valence-electron chi connectivity index (χ3n) is 4.95. The van der Waals surface area contributed by atoms with Crippen LogP contribution in [0.3, 0.4) is 0 Å². The van der Waals surface area contributed by atoms with E-state index in [4.69, 9.17) is 0 Å². The van der Waals surface area contributed by atoms with Crippen LogP contribution < -0.4 is 0 Å². The van der Waals surface area contributed by atoms with Crippen LogP contribution in [0.25, 0.3) is 0 Å². The topological polar surface area (TPSA) is 28.5 Å². The highest BCUT2D eigenvalue weighted by molar-refractivity contribution is 5.97. The minimum atomic E-state index is 0.258. The molecule has 3 rings (SSSR count). The second-order valence-corrected chi connectivity index (χ2v) is 6.46. The number of carbonyl (C=O) groups excluding carboxylic acids is 1. The van der Waals surface area contributed by atoms with E-state index >= 15 is 0 Å². The lowest BCUT2D eigenvalue weighted by atomic mass is 9.84. The van der Waals surface area contributed by atoms with Crippen LogP contribution >= 0.6 is 0 Å². The molecule has 0 aliphatic carbocycles. The Labute approximate surface area is 121 Å². The predicted octanol–water partition coefficient (Wildman–Crippen LogP) is 1.62. The Morgan fingerprint density at radius 1 is 1.30 bits per heavy atom. The van der Waals surface area contributed by atoms with Crippen LogP contribution in [-0.4, -0.2) is 59.4 Å². The molecule has 2 unspecified atom stereocenters. The molecule has 0 N–H and O–H groups in total. The van der Waals surface area contributed by atoms with Gasteiger partial charge in [0.1, 0.15) is 0 Å². The highest BCUT2D eigenvalue weighted by Crippen LogP contribution is 2.29. The Balaban J connectivity index is 1.58. The van der Waals surface area contributed by atoms with Gasteiger partial charge in [-0.15, -0.1) is 0 Å². The fraction of sp³-hybridized carbons (Fsp3) is 0.688. The fourth-order valence-corrected chi connectivity index (χ4v) is 3.83. The van der Waals surface area contributed by atoms with Crippen molar-refractivity contribution < 1.29 is 4.79 Å². The summed E-state index contributed by atoms with van der Waals surface area (Å²) in [6.45, 7) is 3.97. The van der Waals surface area contributed by atoms with Gasteiger partial charge in [-0.05, 0) is 44.8 Å². The molecule has 1 aromatic rings. The lowest BCUT2D eigenvalue weighted by Gasteiger charge is -2.45. The number of rotatable bonds is 3. The van der Waals surface area contributed by atoms with Crippen LogP contribution in [0.2, 0.25) is 0 Å². The van der Waals surface area contributed by atoms with E-state index < -0.39 is 0 Å². The van der Waals surface area contributed by atoms with Gasteiger partial charge in [0.05, 0.1) is 6.54 Å². The van der Waals surface area contributed by atoms with E-state index in [0.29, 0.717) is 6.54 Å². The Kier molecular flexibility index (Phi) is 3.94. The number of aryl methyl sites for hydroxylation is 1. The van der Waals surface area contributed by atoms with Crippen molar-refractivity contribution in [1.29, 1.82) is 0 Å². The molecule has 1 aromatic heterocycles. The van der Waals surface area contributed by atoms with E-state index in [1.165, 1.54) is 25.8 Å². The van der Waals surface area contributed by atoms with Crippen molar-refractivity contribution in [2.45, 2.75) is 25.3 Å². The maximum Gasteiger partial charge on any atom is 0.178 e. The average molecular weight is 275 g/mol. The molecule has 2 fully saturated rings. The van der Waals surface area contributed by atoms with E-state index in [0.717, 1.165) is 30.6 Å². The fourth-order valence-electron chi connectivity index (χ4n) is 3.83. The molecule has 0 aromatic carbocycles. The van der Waals surface area contributed by atoms with Crippen molar-refractivity contribution in [3.05, 3.63) is 24.0 Å². The molecule has 0 amide bonds. The number of Topliss-reactive ketones (excluding diaryl/α,β-unsaturated/α-hetero) is 1. The van der Waals surface area contributed by atoms with Gasteiger partial charge >= 0.3 is 0 Å². The molecule has 0 radical (unpaired) electrons. The molecule has 0 saturated carbocycles. The first kappa shape index (κ1) is 13.8. The van der Waals surface area contributed by atoms with Gasteiger partial charge in [0.15, 0.2) is 5.78 Å². The first-order chi connectivity index (χ1) is 9.63. The normalized spacial score (nSPS) is 28.3. The zero-order valence-electron chi connectivity index (χ0n) is 12.6. The molecule has 3 heterocycles. The summed E-state index contributed by atoms with van der Waals surface area (Å²) in [5, 5.41) is 0. The smallest absolute Gasteiger partial charge is 0.178 e. The van der Waals surface area contributed by atoms with Crippen LogP contribution in [0.5, 0.6) is 0 Å². The van der Waals surface area contributed by atoms with E-state index in [9.17, 15) is 4.79 Å². The molecule has 2 aliphatic heterocycles. The molecule has 20 heavy (non-hydrogen) atoms. The van der Waals surface area contributed by atoms with Gasteiger partial charge in [-0.2, -0.15) is 0 Å². The average Bonchev–Trinajstić information content (AvgIpc) is 2.86. The summed E-state index contributed by atoms with van der Waals surface area (Å²) in [5.41, 5.74) is 0.843. The van der Waals surface area contributed by atoms with Gasteiger partial charge < -0.3 is 9.47 Å². The molecule has 2 saturated heterocycles. The Bertz CT molecular complexity index is 482. The maximum absolute atomic E-state index is 12.3. The molecule has 110 valence electrons. The summed E-state index contributed by atoms with van der Waals surface area (Å²) < 4.78 is 1.94. The third-order valence-corrected chi connectivity index (χ3v) is 4.95. The number of fused-ring (bicyclic) bond motifs is 1. The Morgan fingerprint density at radius 3 is 2.90 bits per heavy atom. The number of carbonyl (C=O) groups is 1. The van der Waals surface area contributed by atoms with Gasteiger partial charge in [-0.1, -0.05) is 0 Å². The van der Waals surface area contributed by atoms with Crippen molar-refractivity contribution in [1.82, 2.24) is 14.4 Å². The van der Waals surface area contributed by atoms with Crippen molar-refractivity contribution in [3.63, 3.8) is 0 Å². The number of aromatic nitrogens is 1. The van der Waals surface area contributed by atoms with Crippen LogP contribution in [0.1, 0.15) is 29.6 Å². The summed E-state index contributed by atoms with van der Waals surface area (Å²) >= 11 is 0. The quantitative estimate of drug-likeness (QED) is 0.785. The number of ketones is 1. The number of piperidine rings is 2. The molecule has 0 spiro atoms. The van der Waals surface area contributed by atoms with E-state index in [1.807, 2.05) is 30.1 Å². The zero-order valence-corrected chi connectivity index (χ0v) is 12.6. The van der Waals surface area contributed by atoms with Crippen molar-refractivity contribution in [3.8, 4) is 0 Å². The van der Waals surface area contributed by atoms with Gasteiger partial charge in [0.25, 0.3) is 0 Å². The summed E-state index contributed by atoms with van der Waals surface area (Å²) in [5.74, 6) is 1.01. The predicted molar refractivity (Wildman–Crippen MR) is 79.9 cm³/mol. The summed E-state index contributed by atoms with van der Waals surface area (Å²) in [6.07, 6.45) is 7.70. The maximum atomic E-state index is 12.3. The summed E-state index contributed by atoms with van der Waals surface area (Å²) in [4.78, 5) is 17.2. The summed E-state index contributed by atoms with van der Waals surface area (Å²) in [6, 6.07) is 2.66. The van der Waals surface area contributed by atoms with E-state index in [1.54, 1.807) is 0 Å². The Morgan fingerprint density at radius 2 is 2.15 bits per heavy atom. The van der Waals surface area contributed by atoms with Crippen molar-refractivity contribution in [2.24, 2.45) is 13.0 Å². The van der Waals surface area contributed by atoms with Gasteiger partial charge in [0.2, 0.25) is 0 Å². The minimum absolute atomic E-state index is 0.258. The monoisotopic (exact) mass is 275 g/mol. The van der Waals surface area contributed by atoms with E-state index in [2.05, 4.69) is 16.8 Å². The first-order valence-electron chi connectivity index (χ1n) is 7.71. The van der Waals surface area contributed by atoms with Crippen LogP contribution in [0.15, 0.2) is 18.5 Å². The van der Waals surface area contributed by atoms with Crippen molar-refractivity contribution in [2.75, 3.05) is 33.2 Å². The van der Waals surface area contributed by atoms with Crippen LogP contribution in [-0.2, 0) is 7.05 Å². The lowest BCUT2D eigenvalue weighted by Crippen LogP contribution is -2.53. The molecule has 2 aliphatic rings. The molecular formula is C16H25N3O. The second-order valence-electron chi connectivity index (χ2n) is 6.46. The van der Waals surface area contributed by atoms with Crippen molar-refractivity contribution >= 4 is 5.78 Å². The van der Waals surface area contributed by atoms with Gasteiger partial charge in [0, 0.05) is 44.1 Å². The number of hydrogen-bond acceptors (Lipinski definition) is 3. The summed E-state index contributed by atoms with van der Waals surface area (Å²) in [7, 11) is 4.21. The minimum Gasteiger partial charge on any atom is -0.357 e. The first-order valence-corrected chi connectivity index (χ1v) is 7.71. The van der Waals surface area contributed by atoms with E-state index in [-0.39, 0.29) is 5.78 Å². The van der Waals surface area contributed by atoms with Crippen LogP contribution in [0, 0.1) is 5.92 Å². The zero-order chi connectivity index (χ0) is 14.1. The van der Waals surface area contributed by atoms with Gasteiger partial charge in [-0.25, -0.2) is 0 Å². The standard InChI is InChI=1S/C16H25N3O/c1-17-8-5-14(10-17)16(20)12-19-9-6-15-13(11-19)4-3-7-18(15)2/h5,8,10,13,15H,3-4,6-7,9,11-12H2,1-2H3. The molecule has 4 nitrogen and oxygen atoms in total. The third kappa shape index (κ3) is 2.81. The lowest BCUT2D eigenvalue weighted by molar-refractivity contribution is 0.0378. The number of nitrogens with zero attached hydrogens (tertiary/aromatic N) is 3. The SMILES string of the molecule is CN1CCCC2CN(CC(=O)c3ccn(C)c3)CCC21. The highest BCUT2D eigenvalue weighted by Gasteiger charge is 2.34.